The fraction of sp³-hybridized carbons (Fsp3) is 0.278. The van der Waals surface area contributed by atoms with Crippen molar-refractivity contribution in [2.24, 2.45) is 0 Å². The summed E-state index contributed by atoms with van der Waals surface area (Å²) in [5.74, 6) is -1.02. The quantitative estimate of drug-likeness (QED) is 0.544. The van der Waals surface area contributed by atoms with E-state index in [2.05, 4.69) is 0 Å². The molecular weight excluding hydrogens is 372 g/mol. The maximum Gasteiger partial charge on any atom is 0.303 e. The summed E-state index contributed by atoms with van der Waals surface area (Å²) in [6.07, 6.45) is -0.0807. The molecule has 0 radical (unpaired) electrons. The van der Waals surface area contributed by atoms with Gasteiger partial charge in [-0.05, 0) is 38.0 Å². The smallest absolute Gasteiger partial charge is 0.303 e. The van der Waals surface area contributed by atoms with E-state index in [-0.39, 0.29) is 30.0 Å². The third-order valence-electron chi connectivity index (χ3n) is 3.99. The lowest BCUT2D eigenvalue weighted by atomic mass is 10.1. The van der Waals surface area contributed by atoms with Crippen molar-refractivity contribution in [3.05, 3.63) is 63.7 Å². The molecular formula is C18H20N2O6S. The van der Waals surface area contributed by atoms with Gasteiger partial charge in [0.05, 0.1) is 15.5 Å². The Balaban J connectivity index is 2.52. The number of benzene rings is 2. The van der Waals surface area contributed by atoms with Gasteiger partial charge in [0.1, 0.15) is 0 Å². The lowest BCUT2D eigenvalue weighted by molar-refractivity contribution is -0.385. The Hall–Kier alpha value is -2.94. The average Bonchev–Trinajstić information content (AvgIpc) is 2.59. The lowest BCUT2D eigenvalue weighted by Crippen LogP contribution is -2.33. The van der Waals surface area contributed by atoms with E-state index in [1.807, 2.05) is 13.0 Å². The van der Waals surface area contributed by atoms with Crippen LogP contribution in [-0.2, 0) is 14.8 Å². The van der Waals surface area contributed by atoms with Crippen LogP contribution >= 0.6 is 0 Å². The van der Waals surface area contributed by atoms with Crippen LogP contribution in [-0.4, -0.2) is 31.0 Å². The van der Waals surface area contributed by atoms with Crippen molar-refractivity contribution >= 4 is 27.4 Å². The van der Waals surface area contributed by atoms with Gasteiger partial charge in [0.25, 0.3) is 15.7 Å². The molecule has 1 N–H and O–H groups in total. The topological polar surface area (TPSA) is 118 Å². The second-order valence-corrected chi connectivity index (χ2v) is 7.98. The van der Waals surface area contributed by atoms with Crippen LogP contribution in [0.25, 0.3) is 0 Å². The van der Waals surface area contributed by atoms with Crippen molar-refractivity contribution in [2.75, 3.05) is 10.8 Å². The molecule has 0 aliphatic heterocycles. The molecule has 0 aliphatic carbocycles. The molecule has 0 saturated carbocycles. The molecule has 27 heavy (non-hydrogen) atoms. The van der Waals surface area contributed by atoms with E-state index in [1.54, 1.807) is 19.1 Å². The minimum atomic E-state index is -4.11. The number of nitro groups is 1. The number of carbonyl (C=O) groups is 1. The molecule has 0 heterocycles. The number of sulfonamides is 1. The van der Waals surface area contributed by atoms with Gasteiger partial charge in [0, 0.05) is 25.1 Å². The van der Waals surface area contributed by atoms with Crippen molar-refractivity contribution < 1.29 is 23.2 Å². The summed E-state index contributed by atoms with van der Waals surface area (Å²) in [4.78, 5) is 20.9. The lowest BCUT2D eigenvalue weighted by Gasteiger charge is -2.26. The molecule has 2 aromatic rings. The Morgan fingerprint density at radius 3 is 2.48 bits per heavy atom. The molecule has 9 heteroatoms. The number of rotatable bonds is 8. The molecule has 2 aromatic carbocycles. The fourth-order valence-corrected chi connectivity index (χ4v) is 4.32. The van der Waals surface area contributed by atoms with Crippen LogP contribution in [0.4, 0.5) is 11.4 Å². The number of carboxylic acid groups (broad SMARTS) is 1. The van der Waals surface area contributed by atoms with Gasteiger partial charge < -0.3 is 5.11 Å². The van der Waals surface area contributed by atoms with Gasteiger partial charge in [-0.3, -0.25) is 19.2 Å². The number of nitro benzene ring substituents is 1. The van der Waals surface area contributed by atoms with Gasteiger partial charge in [-0.15, -0.1) is 0 Å². The van der Waals surface area contributed by atoms with Gasteiger partial charge in [0.15, 0.2) is 0 Å². The molecule has 8 nitrogen and oxygen atoms in total. The molecule has 0 atom stereocenters. The molecule has 0 fully saturated rings. The normalized spacial score (nSPS) is 11.2. The monoisotopic (exact) mass is 392 g/mol. The van der Waals surface area contributed by atoms with E-state index in [0.717, 1.165) is 15.9 Å². The Kier molecular flexibility index (Phi) is 6.17. The van der Waals surface area contributed by atoms with E-state index in [1.165, 1.54) is 18.2 Å². The van der Waals surface area contributed by atoms with Crippen molar-refractivity contribution in [3.8, 4) is 0 Å². The highest BCUT2D eigenvalue weighted by molar-refractivity contribution is 7.92. The molecule has 0 spiro atoms. The summed E-state index contributed by atoms with van der Waals surface area (Å²) in [7, 11) is -4.11. The predicted octanol–water partition coefficient (Wildman–Crippen LogP) is 3.27. The SMILES string of the molecule is Cc1ccc(N(CCCC(=O)O)S(=O)(=O)c2cccc([N+](=O)[O-])c2)c(C)c1. The summed E-state index contributed by atoms with van der Waals surface area (Å²) in [6, 6.07) is 10.0. The summed E-state index contributed by atoms with van der Waals surface area (Å²) in [5.41, 5.74) is 1.74. The Labute approximate surface area is 157 Å². The molecule has 0 amide bonds. The minimum absolute atomic E-state index is 0.0543. The maximum absolute atomic E-state index is 13.2. The maximum atomic E-state index is 13.2. The first-order valence-corrected chi connectivity index (χ1v) is 9.63. The third kappa shape index (κ3) is 4.82. The van der Waals surface area contributed by atoms with Crippen molar-refractivity contribution in [1.82, 2.24) is 0 Å². The Morgan fingerprint density at radius 2 is 1.89 bits per heavy atom. The number of nitrogens with zero attached hydrogens (tertiary/aromatic N) is 2. The minimum Gasteiger partial charge on any atom is -0.481 e. The van der Waals surface area contributed by atoms with Crippen molar-refractivity contribution in [3.63, 3.8) is 0 Å². The van der Waals surface area contributed by atoms with E-state index in [0.29, 0.717) is 11.3 Å². The molecule has 0 bridgehead atoms. The van der Waals surface area contributed by atoms with Crippen LogP contribution in [0, 0.1) is 24.0 Å². The van der Waals surface area contributed by atoms with E-state index >= 15 is 0 Å². The standard InChI is InChI=1S/C18H20N2O6S/c1-13-8-9-17(14(2)11-13)19(10-4-7-18(21)22)27(25,26)16-6-3-5-15(12-16)20(23)24/h3,5-6,8-9,11-12H,4,7,10H2,1-2H3,(H,21,22). The van der Waals surface area contributed by atoms with Crippen LogP contribution in [0.2, 0.25) is 0 Å². The highest BCUT2D eigenvalue weighted by Crippen LogP contribution is 2.29. The molecule has 0 aliphatic rings. The highest BCUT2D eigenvalue weighted by atomic mass is 32.2. The molecule has 0 saturated heterocycles. The first-order chi connectivity index (χ1) is 12.6. The van der Waals surface area contributed by atoms with Crippen LogP contribution in [0.5, 0.6) is 0 Å². The number of anilines is 1. The Bertz CT molecular complexity index is 972. The van der Waals surface area contributed by atoms with Crippen LogP contribution in [0.1, 0.15) is 24.0 Å². The number of hydrogen-bond donors (Lipinski definition) is 1. The van der Waals surface area contributed by atoms with Gasteiger partial charge >= 0.3 is 5.97 Å². The van der Waals surface area contributed by atoms with Crippen LogP contribution in [0.15, 0.2) is 47.4 Å². The van der Waals surface area contributed by atoms with Gasteiger partial charge in [-0.25, -0.2) is 8.42 Å². The molecule has 144 valence electrons. The summed E-state index contributed by atoms with van der Waals surface area (Å²) in [6.45, 7) is 3.58. The Morgan fingerprint density at radius 1 is 1.19 bits per heavy atom. The molecule has 2 rings (SSSR count). The van der Waals surface area contributed by atoms with E-state index < -0.39 is 20.9 Å². The number of carboxylic acids is 1. The van der Waals surface area contributed by atoms with Crippen molar-refractivity contribution in [1.29, 1.82) is 0 Å². The zero-order valence-electron chi connectivity index (χ0n) is 15.0. The summed E-state index contributed by atoms with van der Waals surface area (Å²) < 4.78 is 27.5. The average molecular weight is 392 g/mol. The zero-order valence-corrected chi connectivity index (χ0v) is 15.8. The van der Waals surface area contributed by atoms with Crippen molar-refractivity contribution in [2.45, 2.75) is 31.6 Å². The summed E-state index contributed by atoms with van der Waals surface area (Å²) >= 11 is 0. The van der Waals surface area contributed by atoms with Crippen LogP contribution < -0.4 is 4.31 Å². The van der Waals surface area contributed by atoms with Crippen LogP contribution in [0.3, 0.4) is 0 Å². The molecule has 0 unspecified atom stereocenters. The first kappa shape index (κ1) is 20.4. The zero-order chi connectivity index (χ0) is 20.2. The van der Waals surface area contributed by atoms with Gasteiger partial charge in [-0.1, -0.05) is 23.8 Å². The number of aliphatic carboxylic acids is 1. The fourth-order valence-electron chi connectivity index (χ4n) is 2.71. The van der Waals surface area contributed by atoms with E-state index in [4.69, 9.17) is 5.11 Å². The van der Waals surface area contributed by atoms with Gasteiger partial charge in [-0.2, -0.15) is 0 Å². The second kappa shape index (κ2) is 8.17. The highest BCUT2D eigenvalue weighted by Gasteiger charge is 2.27. The number of aryl methyl sites for hydroxylation is 2. The van der Waals surface area contributed by atoms with E-state index in [9.17, 15) is 23.3 Å². The predicted molar refractivity (Wildman–Crippen MR) is 100 cm³/mol. The summed E-state index contributed by atoms with van der Waals surface area (Å²) in [5, 5.41) is 19.9. The molecule has 0 aromatic heterocycles. The second-order valence-electron chi connectivity index (χ2n) is 6.12. The number of non-ortho nitro benzene ring substituents is 1. The van der Waals surface area contributed by atoms with Gasteiger partial charge in [0.2, 0.25) is 0 Å². The largest absolute Gasteiger partial charge is 0.481 e. The third-order valence-corrected chi connectivity index (χ3v) is 5.80. The first-order valence-electron chi connectivity index (χ1n) is 8.19. The number of hydrogen-bond acceptors (Lipinski definition) is 5.